The van der Waals surface area contributed by atoms with Gasteiger partial charge in [0.25, 0.3) is 5.91 Å². The number of rotatable bonds is 6. The normalized spacial score (nSPS) is 13.2. The zero-order chi connectivity index (χ0) is 16.8. The van der Waals surface area contributed by atoms with Crippen molar-refractivity contribution in [1.29, 1.82) is 0 Å². The molecular formula is C19H22ClNO2. The molecule has 3 nitrogen and oxygen atoms in total. The molecule has 2 aromatic rings. The maximum Gasteiger partial charge on any atom is 0.260 e. The summed E-state index contributed by atoms with van der Waals surface area (Å²) < 4.78 is 5.68. The first-order valence-electron chi connectivity index (χ1n) is 7.73. The van der Waals surface area contributed by atoms with Crippen LogP contribution in [-0.4, -0.2) is 18.6 Å². The molecule has 0 aliphatic heterocycles. The number of amides is 1. The van der Waals surface area contributed by atoms with Crippen molar-refractivity contribution in [2.24, 2.45) is 0 Å². The van der Waals surface area contributed by atoms with Gasteiger partial charge in [0.2, 0.25) is 0 Å². The van der Waals surface area contributed by atoms with Crippen molar-refractivity contribution < 1.29 is 9.53 Å². The second kappa shape index (κ2) is 8.02. The molecule has 23 heavy (non-hydrogen) atoms. The molecule has 1 amide bonds. The van der Waals surface area contributed by atoms with Gasteiger partial charge in [0.15, 0.2) is 6.10 Å². The Hall–Kier alpha value is -2.00. The van der Waals surface area contributed by atoms with Crippen LogP contribution in [-0.2, 0) is 4.79 Å². The van der Waals surface area contributed by atoms with Crippen LogP contribution < -0.4 is 10.1 Å². The van der Waals surface area contributed by atoms with E-state index >= 15 is 0 Å². The van der Waals surface area contributed by atoms with E-state index in [1.807, 2.05) is 31.2 Å². The zero-order valence-corrected chi connectivity index (χ0v) is 14.4. The molecular weight excluding hydrogens is 310 g/mol. The predicted octanol–water partition coefficient (Wildman–Crippen LogP) is 4.34. The number of hydrogen-bond acceptors (Lipinski definition) is 2. The van der Waals surface area contributed by atoms with Crippen molar-refractivity contribution in [1.82, 2.24) is 5.32 Å². The lowest BCUT2D eigenvalue weighted by Crippen LogP contribution is -2.38. The molecule has 2 unspecified atom stereocenters. The molecule has 0 aliphatic carbocycles. The van der Waals surface area contributed by atoms with Crippen molar-refractivity contribution in [3.63, 3.8) is 0 Å². The summed E-state index contributed by atoms with van der Waals surface area (Å²) in [6.07, 6.45) is -0.557. The number of hydrogen-bond donors (Lipinski definition) is 1. The lowest BCUT2D eigenvalue weighted by molar-refractivity contribution is -0.127. The van der Waals surface area contributed by atoms with Gasteiger partial charge in [-0.3, -0.25) is 4.79 Å². The summed E-state index contributed by atoms with van der Waals surface area (Å²) in [4.78, 5) is 12.2. The van der Waals surface area contributed by atoms with Gasteiger partial charge in [-0.25, -0.2) is 0 Å². The van der Waals surface area contributed by atoms with Gasteiger partial charge in [0, 0.05) is 11.6 Å². The third-order valence-corrected chi connectivity index (χ3v) is 4.19. The summed E-state index contributed by atoms with van der Waals surface area (Å²) in [5.74, 6) is 0.774. The van der Waals surface area contributed by atoms with Gasteiger partial charge in [-0.05, 0) is 49.1 Å². The Morgan fingerprint density at radius 1 is 1.17 bits per heavy atom. The molecule has 0 aliphatic rings. The Morgan fingerprint density at radius 2 is 1.87 bits per heavy atom. The van der Waals surface area contributed by atoms with Gasteiger partial charge in [0.1, 0.15) is 5.75 Å². The predicted molar refractivity (Wildman–Crippen MR) is 94.1 cm³/mol. The number of ether oxygens (including phenoxy) is 1. The first kappa shape index (κ1) is 17.4. The first-order chi connectivity index (χ1) is 11.0. The highest BCUT2D eigenvalue weighted by atomic mass is 35.5. The topological polar surface area (TPSA) is 38.3 Å². The highest BCUT2D eigenvalue weighted by molar-refractivity contribution is 6.31. The van der Waals surface area contributed by atoms with Crippen LogP contribution in [0, 0.1) is 6.92 Å². The standard InChI is InChI=1S/C19H22ClNO2/c1-13-11-17(9-10-18(13)20)23-15(3)19(22)21-12-14(2)16-7-5-4-6-8-16/h4-11,14-15H,12H2,1-3H3,(H,21,22). The molecule has 0 saturated carbocycles. The number of aryl methyl sites for hydroxylation is 1. The maximum atomic E-state index is 12.2. The third kappa shape index (κ3) is 5.00. The molecule has 2 atom stereocenters. The van der Waals surface area contributed by atoms with Crippen molar-refractivity contribution in [2.75, 3.05) is 6.54 Å². The molecule has 2 aromatic carbocycles. The number of halogens is 1. The van der Waals surface area contributed by atoms with Gasteiger partial charge in [0.05, 0.1) is 0 Å². The van der Waals surface area contributed by atoms with E-state index in [9.17, 15) is 4.79 Å². The van der Waals surface area contributed by atoms with Gasteiger partial charge in [-0.2, -0.15) is 0 Å². The van der Waals surface area contributed by atoms with Gasteiger partial charge < -0.3 is 10.1 Å². The molecule has 0 aromatic heterocycles. The molecule has 0 fully saturated rings. The van der Waals surface area contributed by atoms with Gasteiger partial charge in [-0.15, -0.1) is 0 Å². The second-order valence-electron chi connectivity index (χ2n) is 5.73. The molecule has 0 radical (unpaired) electrons. The summed E-state index contributed by atoms with van der Waals surface area (Å²) >= 11 is 5.99. The van der Waals surface area contributed by atoms with Crippen LogP contribution in [0.5, 0.6) is 5.75 Å². The lowest BCUT2D eigenvalue weighted by Gasteiger charge is -2.17. The molecule has 0 bridgehead atoms. The fourth-order valence-electron chi connectivity index (χ4n) is 2.24. The third-order valence-electron chi connectivity index (χ3n) is 3.76. The summed E-state index contributed by atoms with van der Waals surface area (Å²) in [5, 5.41) is 3.62. The van der Waals surface area contributed by atoms with E-state index in [0.717, 1.165) is 5.56 Å². The van der Waals surface area contributed by atoms with Crippen LogP contribution in [0.2, 0.25) is 5.02 Å². The van der Waals surface area contributed by atoms with E-state index in [1.54, 1.807) is 19.1 Å². The van der Waals surface area contributed by atoms with E-state index in [1.165, 1.54) is 5.56 Å². The Morgan fingerprint density at radius 3 is 2.52 bits per heavy atom. The average Bonchev–Trinajstić information content (AvgIpc) is 2.56. The van der Waals surface area contributed by atoms with Crippen LogP contribution >= 0.6 is 11.6 Å². The number of nitrogens with one attached hydrogen (secondary N) is 1. The van der Waals surface area contributed by atoms with Crippen molar-refractivity contribution in [3.8, 4) is 5.75 Å². The van der Waals surface area contributed by atoms with E-state index in [2.05, 4.69) is 24.4 Å². The highest BCUT2D eigenvalue weighted by Gasteiger charge is 2.16. The number of carbonyl (C=O) groups excluding carboxylic acids is 1. The molecule has 1 N–H and O–H groups in total. The van der Waals surface area contributed by atoms with Crippen LogP contribution in [0.15, 0.2) is 48.5 Å². The SMILES string of the molecule is Cc1cc(OC(C)C(=O)NCC(C)c2ccccc2)ccc1Cl. The minimum Gasteiger partial charge on any atom is -0.481 e. The fourth-order valence-corrected chi connectivity index (χ4v) is 2.36. The van der Waals surface area contributed by atoms with E-state index in [0.29, 0.717) is 17.3 Å². The molecule has 0 saturated heterocycles. The van der Waals surface area contributed by atoms with Crippen LogP contribution in [0.4, 0.5) is 0 Å². The fraction of sp³-hybridized carbons (Fsp3) is 0.316. The molecule has 2 rings (SSSR count). The van der Waals surface area contributed by atoms with Gasteiger partial charge in [-0.1, -0.05) is 48.9 Å². The second-order valence-corrected chi connectivity index (χ2v) is 6.14. The van der Waals surface area contributed by atoms with Crippen molar-refractivity contribution >= 4 is 17.5 Å². The van der Waals surface area contributed by atoms with Crippen LogP contribution in [0.1, 0.15) is 30.9 Å². The summed E-state index contributed by atoms with van der Waals surface area (Å²) in [6, 6.07) is 15.5. The minimum atomic E-state index is -0.557. The lowest BCUT2D eigenvalue weighted by atomic mass is 10.0. The highest BCUT2D eigenvalue weighted by Crippen LogP contribution is 2.22. The molecule has 4 heteroatoms. The van der Waals surface area contributed by atoms with Crippen molar-refractivity contribution in [2.45, 2.75) is 32.8 Å². The van der Waals surface area contributed by atoms with Crippen LogP contribution in [0.25, 0.3) is 0 Å². The van der Waals surface area contributed by atoms with E-state index in [-0.39, 0.29) is 11.8 Å². The van der Waals surface area contributed by atoms with Gasteiger partial charge >= 0.3 is 0 Å². The van der Waals surface area contributed by atoms with E-state index in [4.69, 9.17) is 16.3 Å². The average molecular weight is 332 g/mol. The first-order valence-corrected chi connectivity index (χ1v) is 8.10. The van der Waals surface area contributed by atoms with Crippen molar-refractivity contribution in [3.05, 3.63) is 64.7 Å². The maximum absolute atomic E-state index is 12.2. The Bertz CT molecular complexity index is 658. The summed E-state index contributed by atoms with van der Waals surface area (Å²) in [7, 11) is 0. The van der Waals surface area contributed by atoms with E-state index < -0.39 is 6.10 Å². The number of benzene rings is 2. The monoisotopic (exact) mass is 331 g/mol. The van der Waals surface area contributed by atoms with Crippen LogP contribution in [0.3, 0.4) is 0 Å². The summed E-state index contributed by atoms with van der Waals surface area (Å²) in [5.41, 5.74) is 2.13. The zero-order valence-electron chi connectivity index (χ0n) is 13.7. The molecule has 122 valence electrons. The number of carbonyl (C=O) groups is 1. The summed E-state index contributed by atoms with van der Waals surface area (Å²) in [6.45, 7) is 6.31. The Labute approximate surface area is 142 Å². The quantitative estimate of drug-likeness (QED) is 0.855. The minimum absolute atomic E-state index is 0.125. The molecule has 0 spiro atoms. The molecule has 0 heterocycles. The Balaban J connectivity index is 1.86. The largest absolute Gasteiger partial charge is 0.481 e. The smallest absolute Gasteiger partial charge is 0.260 e. The Kier molecular flexibility index (Phi) is 6.05.